The number of hydrogen-bond donors (Lipinski definition) is 1. The van der Waals surface area contributed by atoms with Gasteiger partial charge in [0.05, 0.1) is 11.0 Å². The molecule has 3 fully saturated rings. The smallest absolute Gasteiger partial charge is 0.311 e. The van der Waals surface area contributed by atoms with Crippen LogP contribution in [0.5, 0.6) is 11.5 Å². The molecule has 2 saturated carbocycles. The van der Waals surface area contributed by atoms with Gasteiger partial charge in [0.15, 0.2) is 23.4 Å². The molecule has 6 heteroatoms. The summed E-state index contributed by atoms with van der Waals surface area (Å²) in [6, 6.07) is 3.92. The number of rotatable bonds is 15. The molecule has 220 valence electrons. The average Bonchev–Trinajstić information content (AvgIpc) is 3.68. The molecule has 1 saturated heterocycles. The van der Waals surface area contributed by atoms with Crippen molar-refractivity contribution in [3.8, 4) is 11.5 Å². The third-order valence-electron chi connectivity index (χ3n) is 10.8. The van der Waals surface area contributed by atoms with Gasteiger partial charge in [0.2, 0.25) is 0 Å². The lowest BCUT2D eigenvalue weighted by Gasteiger charge is -2.62. The molecule has 0 aromatic heterocycles. The number of aliphatic hydroxyl groups is 1. The zero-order valence-corrected chi connectivity index (χ0v) is 24.6. The first kappa shape index (κ1) is 28.2. The number of likely N-dealkylation sites (tertiary alicyclic amines) is 1. The molecule has 2 aliphatic heterocycles. The highest BCUT2D eigenvalue weighted by molar-refractivity contribution is 5.90. The zero-order chi connectivity index (χ0) is 27.7. The van der Waals surface area contributed by atoms with Gasteiger partial charge < -0.3 is 14.6 Å². The van der Waals surface area contributed by atoms with Gasteiger partial charge in [-0.15, -0.1) is 0 Å². The molecule has 3 aliphatic carbocycles. The predicted octanol–water partition coefficient (Wildman–Crippen LogP) is 6.43. The fourth-order valence-corrected chi connectivity index (χ4v) is 8.44. The number of hydrogen-bond acceptors (Lipinski definition) is 6. The number of carbonyl (C=O) groups excluding carboxylic acids is 2. The second-order valence-electron chi connectivity index (χ2n) is 13.5. The molecule has 6 rings (SSSR count). The topological polar surface area (TPSA) is 76.1 Å². The number of ketones is 1. The number of ether oxygens (including phenoxy) is 2. The minimum Gasteiger partial charge on any atom is -0.477 e. The Bertz CT molecular complexity index is 1100. The normalized spacial score (nSPS) is 30.2. The Kier molecular flexibility index (Phi) is 8.29. The number of esters is 1. The molecule has 5 aliphatic rings. The van der Waals surface area contributed by atoms with E-state index in [9.17, 15) is 14.7 Å². The number of Topliss-reactive ketones (excluding diaryl/α,β-unsaturated/α-hetero) is 1. The van der Waals surface area contributed by atoms with E-state index in [0.717, 1.165) is 49.4 Å². The van der Waals surface area contributed by atoms with E-state index in [0.29, 0.717) is 37.2 Å². The van der Waals surface area contributed by atoms with Gasteiger partial charge in [0.1, 0.15) is 0 Å². The van der Waals surface area contributed by atoms with Gasteiger partial charge in [0, 0.05) is 31.0 Å². The van der Waals surface area contributed by atoms with Gasteiger partial charge in [-0.05, 0) is 62.6 Å². The van der Waals surface area contributed by atoms with Crippen LogP contribution in [-0.4, -0.2) is 52.6 Å². The first-order valence-corrected chi connectivity index (χ1v) is 16.5. The first-order chi connectivity index (χ1) is 19.5. The van der Waals surface area contributed by atoms with Crippen molar-refractivity contribution in [3.63, 3.8) is 0 Å². The van der Waals surface area contributed by atoms with E-state index < -0.39 is 17.1 Å². The van der Waals surface area contributed by atoms with Crippen LogP contribution >= 0.6 is 0 Å². The molecule has 4 atom stereocenters. The number of carbonyl (C=O) groups is 2. The van der Waals surface area contributed by atoms with Crippen molar-refractivity contribution in [2.45, 2.75) is 146 Å². The second-order valence-corrected chi connectivity index (χ2v) is 13.5. The Hall–Kier alpha value is -1.92. The van der Waals surface area contributed by atoms with Crippen LogP contribution in [0.15, 0.2) is 12.1 Å². The summed E-state index contributed by atoms with van der Waals surface area (Å²) in [5.41, 5.74) is 0.381. The van der Waals surface area contributed by atoms with Gasteiger partial charge in [-0.3, -0.25) is 14.5 Å². The van der Waals surface area contributed by atoms with Crippen molar-refractivity contribution in [2.24, 2.45) is 5.92 Å². The third kappa shape index (κ3) is 5.02. The van der Waals surface area contributed by atoms with E-state index in [4.69, 9.17) is 9.47 Å². The molecular formula is C34H49NO5. The largest absolute Gasteiger partial charge is 0.477 e. The van der Waals surface area contributed by atoms with Gasteiger partial charge in [-0.25, -0.2) is 0 Å². The Morgan fingerprint density at radius 1 is 1.02 bits per heavy atom. The molecular weight excluding hydrogens is 502 g/mol. The fourth-order valence-electron chi connectivity index (χ4n) is 8.44. The van der Waals surface area contributed by atoms with Gasteiger partial charge in [-0.2, -0.15) is 0 Å². The van der Waals surface area contributed by atoms with Crippen LogP contribution in [0.2, 0.25) is 0 Å². The lowest BCUT2D eigenvalue weighted by atomic mass is 9.49. The fraction of sp³-hybridized carbons (Fsp3) is 0.765. The summed E-state index contributed by atoms with van der Waals surface area (Å²) in [4.78, 5) is 28.6. The summed E-state index contributed by atoms with van der Waals surface area (Å²) >= 11 is 0. The summed E-state index contributed by atoms with van der Waals surface area (Å²) < 4.78 is 12.3. The number of benzene rings is 1. The molecule has 0 radical (unpaired) electrons. The minimum absolute atomic E-state index is 0.00829. The highest BCUT2D eigenvalue weighted by Crippen LogP contribution is 2.65. The third-order valence-corrected chi connectivity index (χ3v) is 10.8. The maximum atomic E-state index is 13.2. The summed E-state index contributed by atoms with van der Waals surface area (Å²) in [7, 11) is 0. The maximum absolute atomic E-state index is 13.2. The standard InChI is InChI=1S/C34H49NO5/c1-2-3-4-5-6-7-8-9-10-11-12-13-29(37)39-27-17-16-25-22-28-34(38)19-18-26(36)32-33(34,30(25)31(27)40-32)20-21-35(28)23-24-14-15-24/h16-17,24,28,32,38H,2-15,18-23H2,1H3/t28?,32-,33-,34+/m0/s1. The number of nitrogens with zero attached hydrogens (tertiary/aromatic N) is 1. The Balaban J connectivity index is 1.07. The molecule has 1 spiro atoms. The Labute approximate surface area is 240 Å². The average molecular weight is 552 g/mol. The van der Waals surface area contributed by atoms with E-state index in [2.05, 4.69) is 17.9 Å². The van der Waals surface area contributed by atoms with Gasteiger partial charge >= 0.3 is 5.97 Å². The van der Waals surface area contributed by atoms with Gasteiger partial charge in [0.25, 0.3) is 0 Å². The van der Waals surface area contributed by atoms with Crippen molar-refractivity contribution in [2.75, 3.05) is 13.1 Å². The molecule has 40 heavy (non-hydrogen) atoms. The molecule has 0 amide bonds. The van der Waals surface area contributed by atoms with E-state index >= 15 is 0 Å². The SMILES string of the molecule is CCCCCCCCCCCCCC(=O)Oc1ccc2c3c1O[C@H]1C(=O)CC[C@@]4(O)C(C2)N(CC2CC2)CC[C@]314. The number of unbranched alkanes of at least 4 members (excludes halogenated alkanes) is 10. The van der Waals surface area contributed by atoms with E-state index in [-0.39, 0.29) is 17.8 Å². The van der Waals surface area contributed by atoms with Crippen LogP contribution in [0.3, 0.4) is 0 Å². The minimum atomic E-state index is -0.991. The lowest BCUT2D eigenvalue weighted by molar-refractivity contribution is -0.188. The van der Waals surface area contributed by atoms with Crippen molar-refractivity contribution < 1.29 is 24.2 Å². The summed E-state index contributed by atoms with van der Waals surface area (Å²) in [6.07, 6.45) is 18.2. The monoisotopic (exact) mass is 551 g/mol. The number of piperidine rings is 1. The first-order valence-electron chi connectivity index (χ1n) is 16.5. The summed E-state index contributed by atoms with van der Waals surface area (Å²) in [6.45, 7) is 4.17. The van der Waals surface area contributed by atoms with E-state index in [1.165, 1.54) is 70.6 Å². The Morgan fingerprint density at radius 2 is 1.73 bits per heavy atom. The molecule has 1 aromatic rings. The lowest BCUT2D eigenvalue weighted by Crippen LogP contribution is -2.76. The van der Waals surface area contributed by atoms with Gasteiger partial charge in [-0.1, -0.05) is 77.2 Å². The summed E-state index contributed by atoms with van der Waals surface area (Å²) in [5.74, 6) is 1.54. The zero-order valence-electron chi connectivity index (χ0n) is 24.6. The van der Waals surface area contributed by atoms with Crippen LogP contribution in [0.25, 0.3) is 0 Å². The highest BCUT2D eigenvalue weighted by Gasteiger charge is 2.73. The van der Waals surface area contributed by atoms with E-state index in [1.54, 1.807) is 0 Å². The van der Waals surface area contributed by atoms with Crippen molar-refractivity contribution in [1.82, 2.24) is 4.90 Å². The van der Waals surface area contributed by atoms with Crippen molar-refractivity contribution >= 4 is 11.8 Å². The Morgan fingerprint density at radius 3 is 2.42 bits per heavy atom. The van der Waals surface area contributed by atoms with Crippen LogP contribution in [0, 0.1) is 5.92 Å². The molecule has 2 heterocycles. The highest BCUT2D eigenvalue weighted by atomic mass is 16.6. The second kappa shape index (κ2) is 11.8. The van der Waals surface area contributed by atoms with Crippen LogP contribution in [-0.2, 0) is 21.4 Å². The molecule has 1 unspecified atom stereocenters. The predicted molar refractivity (Wildman–Crippen MR) is 155 cm³/mol. The molecule has 1 N–H and O–H groups in total. The van der Waals surface area contributed by atoms with E-state index in [1.807, 2.05) is 6.07 Å². The summed E-state index contributed by atoms with van der Waals surface area (Å²) in [5, 5.41) is 12.4. The maximum Gasteiger partial charge on any atom is 0.311 e. The van der Waals surface area contributed by atoms with Crippen LogP contribution in [0.4, 0.5) is 0 Å². The van der Waals surface area contributed by atoms with Crippen LogP contribution < -0.4 is 9.47 Å². The van der Waals surface area contributed by atoms with Crippen molar-refractivity contribution in [3.05, 3.63) is 23.3 Å². The quantitative estimate of drug-likeness (QED) is 0.154. The molecule has 2 bridgehead atoms. The van der Waals surface area contributed by atoms with Crippen LogP contribution in [0.1, 0.15) is 127 Å². The molecule has 6 nitrogen and oxygen atoms in total. The van der Waals surface area contributed by atoms with Crippen molar-refractivity contribution in [1.29, 1.82) is 0 Å². The molecule has 1 aromatic carbocycles.